The lowest BCUT2D eigenvalue weighted by Crippen LogP contribution is -2.41. The lowest BCUT2D eigenvalue weighted by molar-refractivity contribution is -0.131. The molecule has 1 fully saturated rings. The van der Waals surface area contributed by atoms with Gasteiger partial charge in [-0.15, -0.1) is 0 Å². The van der Waals surface area contributed by atoms with Crippen molar-refractivity contribution in [2.45, 2.75) is 32.4 Å². The Balaban J connectivity index is 1.88. The molecule has 0 aliphatic carbocycles. The van der Waals surface area contributed by atoms with Crippen molar-refractivity contribution in [3.63, 3.8) is 0 Å². The summed E-state index contributed by atoms with van der Waals surface area (Å²) in [6.45, 7) is 3.06. The van der Waals surface area contributed by atoms with E-state index in [-0.39, 0.29) is 18.0 Å². The summed E-state index contributed by atoms with van der Waals surface area (Å²) in [7, 11) is 0. The normalized spacial score (nSPS) is 20.6. The number of hydrogen-bond acceptors (Lipinski definition) is 5. The number of urea groups is 1. The van der Waals surface area contributed by atoms with Crippen LogP contribution in [0.25, 0.3) is 0 Å². The number of halogens is 2. The van der Waals surface area contributed by atoms with Crippen LogP contribution < -0.4 is 5.32 Å². The number of rotatable bonds is 4. The maximum Gasteiger partial charge on any atom is 0.325 e. The number of hydrogen-bond donors (Lipinski definition) is 1. The van der Waals surface area contributed by atoms with Gasteiger partial charge in [0.15, 0.2) is 17.5 Å². The van der Waals surface area contributed by atoms with Crippen LogP contribution in [0.5, 0.6) is 0 Å². The predicted octanol–water partition coefficient (Wildman–Crippen LogP) is 1.88. The van der Waals surface area contributed by atoms with Crippen LogP contribution in [0, 0.1) is 11.6 Å². The van der Waals surface area contributed by atoms with Gasteiger partial charge in [-0.05, 0) is 24.6 Å². The smallest absolute Gasteiger partial charge is 0.325 e. The summed E-state index contributed by atoms with van der Waals surface area (Å²) in [5, 5.41) is 6.19. The third-order valence-corrected chi connectivity index (χ3v) is 3.89. The molecule has 126 valence electrons. The molecule has 1 saturated heterocycles. The quantitative estimate of drug-likeness (QED) is 0.861. The predicted molar refractivity (Wildman–Crippen MR) is 76.5 cm³/mol. The van der Waals surface area contributed by atoms with Crippen molar-refractivity contribution in [3.05, 3.63) is 47.1 Å². The van der Waals surface area contributed by atoms with Gasteiger partial charge in [-0.1, -0.05) is 18.1 Å². The number of aromatic nitrogens is 2. The highest BCUT2D eigenvalue weighted by Gasteiger charge is 2.49. The van der Waals surface area contributed by atoms with Crippen LogP contribution >= 0.6 is 0 Å². The summed E-state index contributed by atoms with van der Waals surface area (Å²) in [5.74, 6) is -2.17. The molecule has 0 saturated carbocycles. The van der Waals surface area contributed by atoms with Crippen molar-refractivity contribution in [2.24, 2.45) is 0 Å². The highest BCUT2D eigenvalue weighted by atomic mass is 19.2. The fourth-order valence-corrected chi connectivity index (χ4v) is 2.48. The van der Waals surface area contributed by atoms with E-state index in [9.17, 15) is 18.4 Å². The SMILES string of the molecule is CCc1noc(CN2C(=O)NC(C)(c3ccc(F)c(F)c3)C2=O)n1. The molecule has 3 amide bonds. The highest BCUT2D eigenvalue weighted by molar-refractivity contribution is 6.07. The van der Waals surface area contributed by atoms with Gasteiger partial charge >= 0.3 is 6.03 Å². The second-order valence-corrected chi connectivity index (χ2v) is 5.53. The van der Waals surface area contributed by atoms with Crippen LogP contribution in [-0.4, -0.2) is 27.0 Å². The van der Waals surface area contributed by atoms with Crippen LogP contribution in [0.1, 0.15) is 31.1 Å². The number of carbonyl (C=O) groups excluding carboxylic acids is 2. The summed E-state index contributed by atoms with van der Waals surface area (Å²) in [6.07, 6.45) is 0.552. The van der Waals surface area contributed by atoms with Crippen LogP contribution in [-0.2, 0) is 23.3 Å². The van der Waals surface area contributed by atoms with E-state index >= 15 is 0 Å². The van der Waals surface area contributed by atoms with E-state index in [1.807, 2.05) is 6.92 Å². The molecule has 7 nitrogen and oxygen atoms in total. The molecule has 1 aliphatic heterocycles. The molecule has 0 bridgehead atoms. The topological polar surface area (TPSA) is 88.3 Å². The summed E-state index contributed by atoms with van der Waals surface area (Å²) in [5.41, 5.74) is -1.36. The number of imide groups is 1. The van der Waals surface area contributed by atoms with E-state index in [0.29, 0.717) is 12.2 Å². The van der Waals surface area contributed by atoms with E-state index < -0.39 is 29.1 Å². The molecule has 1 unspecified atom stereocenters. The van der Waals surface area contributed by atoms with Gasteiger partial charge in [0.2, 0.25) is 5.89 Å². The van der Waals surface area contributed by atoms with Crippen molar-refractivity contribution in [2.75, 3.05) is 0 Å². The molecule has 1 atom stereocenters. The van der Waals surface area contributed by atoms with E-state index in [2.05, 4.69) is 15.5 Å². The largest absolute Gasteiger partial charge is 0.337 e. The van der Waals surface area contributed by atoms with Crippen molar-refractivity contribution < 1.29 is 22.9 Å². The lowest BCUT2D eigenvalue weighted by Gasteiger charge is -2.22. The van der Waals surface area contributed by atoms with Crippen LogP contribution in [0.3, 0.4) is 0 Å². The molecule has 2 heterocycles. The maximum absolute atomic E-state index is 13.5. The highest BCUT2D eigenvalue weighted by Crippen LogP contribution is 2.30. The fourth-order valence-electron chi connectivity index (χ4n) is 2.48. The average Bonchev–Trinajstić information content (AvgIpc) is 3.09. The third kappa shape index (κ3) is 2.51. The fraction of sp³-hybridized carbons (Fsp3) is 0.333. The third-order valence-electron chi connectivity index (χ3n) is 3.89. The second kappa shape index (κ2) is 5.66. The summed E-state index contributed by atoms with van der Waals surface area (Å²) < 4.78 is 31.5. The van der Waals surface area contributed by atoms with Gasteiger partial charge in [0.25, 0.3) is 5.91 Å². The molecular weight excluding hydrogens is 322 g/mol. The van der Waals surface area contributed by atoms with Crippen LogP contribution in [0.2, 0.25) is 0 Å². The molecule has 1 aromatic heterocycles. The first-order chi connectivity index (χ1) is 11.3. The van der Waals surface area contributed by atoms with Crippen molar-refractivity contribution >= 4 is 11.9 Å². The van der Waals surface area contributed by atoms with Crippen molar-refractivity contribution in [3.8, 4) is 0 Å². The molecule has 0 radical (unpaired) electrons. The molecule has 24 heavy (non-hydrogen) atoms. The molecular formula is C15H14F2N4O3. The Hall–Kier alpha value is -2.84. The Bertz CT molecular complexity index is 823. The zero-order valence-electron chi connectivity index (χ0n) is 13.0. The Morgan fingerprint density at radius 1 is 1.29 bits per heavy atom. The number of benzene rings is 1. The minimum Gasteiger partial charge on any atom is -0.337 e. The van der Waals surface area contributed by atoms with Crippen LogP contribution in [0.4, 0.5) is 13.6 Å². The first kappa shape index (κ1) is 16.0. The first-order valence-electron chi connectivity index (χ1n) is 7.26. The molecule has 1 aliphatic rings. The molecule has 2 aromatic rings. The van der Waals surface area contributed by atoms with Gasteiger partial charge in [-0.3, -0.25) is 9.69 Å². The first-order valence-corrected chi connectivity index (χ1v) is 7.26. The Kier molecular flexibility index (Phi) is 3.78. The average molecular weight is 336 g/mol. The lowest BCUT2D eigenvalue weighted by atomic mass is 9.92. The number of nitrogens with zero attached hydrogens (tertiary/aromatic N) is 3. The minimum atomic E-state index is -1.50. The zero-order valence-corrected chi connectivity index (χ0v) is 13.0. The van der Waals surface area contributed by atoms with E-state index in [1.165, 1.54) is 13.0 Å². The second-order valence-electron chi connectivity index (χ2n) is 5.53. The van der Waals surface area contributed by atoms with E-state index in [0.717, 1.165) is 17.0 Å². The van der Waals surface area contributed by atoms with E-state index in [4.69, 9.17) is 4.52 Å². The van der Waals surface area contributed by atoms with Gasteiger partial charge in [0.1, 0.15) is 12.1 Å². The molecule has 0 spiro atoms. The zero-order chi connectivity index (χ0) is 17.5. The van der Waals surface area contributed by atoms with Gasteiger partial charge in [-0.2, -0.15) is 4.98 Å². The molecule has 1 aromatic carbocycles. The Morgan fingerprint density at radius 2 is 2.04 bits per heavy atom. The maximum atomic E-state index is 13.5. The van der Waals surface area contributed by atoms with Crippen LogP contribution in [0.15, 0.2) is 22.7 Å². The van der Waals surface area contributed by atoms with Crippen molar-refractivity contribution in [1.82, 2.24) is 20.4 Å². The Morgan fingerprint density at radius 3 is 2.67 bits per heavy atom. The van der Waals surface area contributed by atoms with Gasteiger partial charge in [-0.25, -0.2) is 13.6 Å². The van der Waals surface area contributed by atoms with Gasteiger partial charge in [0, 0.05) is 6.42 Å². The summed E-state index contributed by atoms with van der Waals surface area (Å²) >= 11 is 0. The number of carbonyl (C=O) groups is 2. The van der Waals surface area contributed by atoms with Gasteiger partial charge in [0.05, 0.1) is 0 Å². The minimum absolute atomic E-state index is 0.116. The number of amides is 3. The molecule has 3 rings (SSSR count). The summed E-state index contributed by atoms with van der Waals surface area (Å²) in [6, 6.07) is 2.37. The van der Waals surface area contributed by atoms with E-state index in [1.54, 1.807) is 0 Å². The standard InChI is InChI=1S/C15H14F2N4O3/c1-3-11-18-12(24-20-11)7-21-13(22)15(2,19-14(21)23)8-4-5-9(16)10(17)6-8/h4-6H,3,7H2,1-2H3,(H,19,23). The molecule has 9 heteroatoms. The van der Waals surface area contributed by atoms with Crippen molar-refractivity contribution in [1.29, 1.82) is 0 Å². The monoisotopic (exact) mass is 336 g/mol. The number of aryl methyl sites for hydroxylation is 1. The Labute approximate surface area is 135 Å². The molecule has 1 N–H and O–H groups in total. The summed E-state index contributed by atoms with van der Waals surface area (Å²) in [4.78, 5) is 29.7. The number of nitrogens with one attached hydrogen (secondary N) is 1. The van der Waals surface area contributed by atoms with Gasteiger partial charge < -0.3 is 9.84 Å².